The van der Waals surface area contributed by atoms with Crippen LogP contribution in [-0.4, -0.2) is 19.3 Å². The number of fused-ring (bicyclic) bond motifs is 2. The first-order chi connectivity index (χ1) is 9.51. The molecule has 1 aromatic carbocycles. The highest BCUT2D eigenvalue weighted by molar-refractivity contribution is 5.97. The second-order valence-electron chi connectivity index (χ2n) is 4.30. The molecule has 2 aromatic heterocycles. The van der Waals surface area contributed by atoms with E-state index in [-0.39, 0.29) is 21.5 Å². The molecule has 0 spiro atoms. The van der Waals surface area contributed by atoms with Crippen LogP contribution in [0.4, 0.5) is 0 Å². The number of aliphatic hydroxyl groups is 2. The molecule has 0 saturated carbocycles. The monoisotopic (exact) mass is 276 g/mol. The molecule has 0 saturated heterocycles. The van der Waals surface area contributed by atoms with Crippen molar-refractivity contribution >= 4 is 21.5 Å². The molecule has 3 aromatic rings. The Hall–Kier alpha value is -2.58. The Kier molecular flexibility index (Phi) is 2.46. The van der Waals surface area contributed by atoms with Gasteiger partial charge in [-0.2, -0.15) is 0 Å². The maximum absolute atomic E-state index is 11.9. The van der Waals surface area contributed by atoms with E-state index in [0.29, 0.717) is 9.13 Å². The quantitative estimate of drug-likeness (QED) is 0.549. The van der Waals surface area contributed by atoms with E-state index in [2.05, 4.69) is 0 Å². The molecule has 8 nitrogen and oxygen atoms in total. The summed E-state index contributed by atoms with van der Waals surface area (Å²) in [5.41, 5.74) is -2.90. The van der Waals surface area contributed by atoms with Crippen molar-refractivity contribution < 1.29 is 10.2 Å². The Bertz CT molecular complexity index is 888. The second kappa shape index (κ2) is 3.95. The number of aliphatic hydroxyl groups excluding tert-OH is 2. The molecule has 20 heavy (non-hydrogen) atoms. The fourth-order valence-corrected chi connectivity index (χ4v) is 2.33. The summed E-state index contributed by atoms with van der Waals surface area (Å²) in [7, 11) is 0. The van der Waals surface area contributed by atoms with Crippen LogP contribution in [0.25, 0.3) is 21.5 Å². The smallest absolute Gasteiger partial charge is 0.263 e. The van der Waals surface area contributed by atoms with Crippen LogP contribution in [0.3, 0.4) is 0 Å². The van der Waals surface area contributed by atoms with Crippen molar-refractivity contribution in [3.63, 3.8) is 0 Å². The fourth-order valence-electron chi connectivity index (χ4n) is 2.33. The van der Waals surface area contributed by atoms with E-state index in [1.165, 1.54) is 0 Å². The number of aromatic nitrogens is 2. The van der Waals surface area contributed by atoms with Crippen LogP contribution in [0, 0.1) is 0 Å². The Morgan fingerprint density at radius 2 is 0.900 bits per heavy atom. The molecular weight excluding hydrogens is 268 g/mol. The van der Waals surface area contributed by atoms with E-state index in [4.69, 9.17) is 10.2 Å². The highest BCUT2D eigenvalue weighted by Crippen LogP contribution is 2.14. The first-order valence-electron chi connectivity index (χ1n) is 5.63. The van der Waals surface area contributed by atoms with E-state index in [1.807, 2.05) is 0 Å². The molecule has 102 valence electrons. The van der Waals surface area contributed by atoms with Crippen LogP contribution in [0.15, 0.2) is 31.3 Å². The molecular formula is C12H8N2O6. The summed E-state index contributed by atoms with van der Waals surface area (Å²) in [6.07, 6.45) is 0. The Labute approximate surface area is 109 Å². The molecule has 0 fully saturated rings. The summed E-state index contributed by atoms with van der Waals surface area (Å²) >= 11 is 0. The van der Waals surface area contributed by atoms with Crippen LogP contribution in [0.1, 0.15) is 0 Å². The summed E-state index contributed by atoms with van der Waals surface area (Å²) in [6, 6.07) is 2.30. The van der Waals surface area contributed by atoms with Gasteiger partial charge in [0.2, 0.25) is 0 Å². The van der Waals surface area contributed by atoms with Gasteiger partial charge in [-0.15, -0.1) is 0 Å². The van der Waals surface area contributed by atoms with Gasteiger partial charge in [0.1, 0.15) is 13.5 Å². The minimum absolute atomic E-state index is 0.0382. The third-order valence-electron chi connectivity index (χ3n) is 3.34. The largest absolute Gasteiger partial charge is 0.376 e. The van der Waals surface area contributed by atoms with Gasteiger partial charge in [-0.25, -0.2) is 0 Å². The summed E-state index contributed by atoms with van der Waals surface area (Å²) in [4.78, 5) is 47.5. The maximum Gasteiger partial charge on any atom is 0.263 e. The average molecular weight is 276 g/mol. The Balaban J connectivity index is 2.64. The van der Waals surface area contributed by atoms with E-state index in [0.717, 1.165) is 12.1 Å². The van der Waals surface area contributed by atoms with Crippen LogP contribution >= 0.6 is 0 Å². The second-order valence-corrected chi connectivity index (χ2v) is 4.30. The highest BCUT2D eigenvalue weighted by Gasteiger charge is 2.18. The molecule has 0 atom stereocenters. The average Bonchev–Trinajstić information content (AvgIpc) is 2.82. The summed E-state index contributed by atoms with van der Waals surface area (Å²) < 4.78 is 1.22. The van der Waals surface area contributed by atoms with Gasteiger partial charge in [-0.05, 0) is 12.1 Å². The SMILES string of the molecule is O=c1c2cc3c(=O)n(CO)c(=O)c3cc2c(=O)n1CO. The van der Waals surface area contributed by atoms with E-state index >= 15 is 0 Å². The number of hydrogen-bond acceptors (Lipinski definition) is 6. The molecule has 0 amide bonds. The molecule has 0 aliphatic heterocycles. The predicted molar refractivity (Wildman–Crippen MR) is 69.3 cm³/mol. The van der Waals surface area contributed by atoms with Gasteiger partial charge in [0.15, 0.2) is 0 Å². The third kappa shape index (κ3) is 1.31. The Morgan fingerprint density at radius 3 is 1.10 bits per heavy atom. The zero-order valence-corrected chi connectivity index (χ0v) is 9.99. The van der Waals surface area contributed by atoms with Crippen molar-refractivity contribution in [3.05, 3.63) is 53.5 Å². The van der Waals surface area contributed by atoms with Crippen molar-refractivity contribution in [1.82, 2.24) is 9.13 Å². The minimum Gasteiger partial charge on any atom is -0.376 e. The van der Waals surface area contributed by atoms with Gasteiger partial charge in [0, 0.05) is 0 Å². The van der Waals surface area contributed by atoms with Gasteiger partial charge < -0.3 is 10.2 Å². The van der Waals surface area contributed by atoms with Crippen LogP contribution in [0.2, 0.25) is 0 Å². The molecule has 2 heterocycles. The van der Waals surface area contributed by atoms with Gasteiger partial charge in [-0.1, -0.05) is 0 Å². The lowest BCUT2D eigenvalue weighted by atomic mass is 10.1. The molecule has 0 bridgehead atoms. The van der Waals surface area contributed by atoms with E-state index in [9.17, 15) is 19.2 Å². The fraction of sp³-hybridized carbons (Fsp3) is 0.167. The lowest BCUT2D eigenvalue weighted by molar-refractivity contribution is 0.204. The molecule has 0 radical (unpaired) electrons. The van der Waals surface area contributed by atoms with Gasteiger partial charge in [0.25, 0.3) is 22.2 Å². The number of hydrogen-bond donors (Lipinski definition) is 2. The molecule has 0 aliphatic rings. The molecule has 0 unspecified atom stereocenters. The number of rotatable bonds is 2. The topological polar surface area (TPSA) is 119 Å². The lowest BCUT2D eigenvalue weighted by Crippen LogP contribution is -2.25. The molecule has 8 heteroatoms. The van der Waals surface area contributed by atoms with Crippen molar-refractivity contribution in [2.75, 3.05) is 0 Å². The van der Waals surface area contributed by atoms with Crippen molar-refractivity contribution in [3.8, 4) is 0 Å². The first-order valence-corrected chi connectivity index (χ1v) is 5.63. The minimum atomic E-state index is -0.776. The van der Waals surface area contributed by atoms with Gasteiger partial charge >= 0.3 is 0 Å². The maximum atomic E-state index is 11.9. The third-order valence-corrected chi connectivity index (χ3v) is 3.34. The lowest BCUT2D eigenvalue weighted by Gasteiger charge is -1.88. The number of nitrogens with zero attached hydrogens (tertiary/aromatic N) is 2. The predicted octanol–water partition coefficient (Wildman–Crippen LogP) is -2.19. The Morgan fingerprint density at radius 1 is 0.650 bits per heavy atom. The summed E-state index contributed by atoms with van der Waals surface area (Å²) in [5.74, 6) is 0. The van der Waals surface area contributed by atoms with Crippen molar-refractivity contribution in [2.24, 2.45) is 0 Å². The first kappa shape index (κ1) is 12.5. The normalized spacial score (nSPS) is 11.7. The summed E-state index contributed by atoms with van der Waals surface area (Å²) in [5, 5.41) is 17.8. The van der Waals surface area contributed by atoms with Crippen LogP contribution in [0.5, 0.6) is 0 Å². The van der Waals surface area contributed by atoms with Crippen molar-refractivity contribution in [2.45, 2.75) is 13.5 Å². The van der Waals surface area contributed by atoms with Crippen LogP contribution < -0.4 is 22.2 Å². The van der Waals surface area contributed by atoms with Gasteiger partial charge in [0.05, 0.1) is 21.5 Å². The molecule has 3 rings (SSSR count). The van der Waals surface area contributed by atoms with Crippen LogP contribution in [-0.2, 0) is 13.5 Å². The van der Waals surface area contributed by atoms with Crippen molar-refractivity contribution in [1.29, 1.82) is 0 Å². The van der Waals surface area contributed by atoms with E-state index < -0.39 is 35.7 Å². The zero-order valence-electron chi connectivity index (χ0n) is 9.99. The molecule has 0 aliphatic carbocycles. The highest BCUT2D eigenvalue weighted by atomic mass is 16.3. The molecule has 2 N–H and O–H groups in total. The summed E-state index contributed by atoms with van der Waals surface area (Å²) in [6.45, 7) is -1.55. The van der Waals surface area contributed by atoms with Gasteiger partial charge in [-0.3, -0.25) is 28.3 Å². The standard InChI is InChI=1S/C12H8N2O6/c15-3-13-9(17)5-1-6-8(2-7(5)11(13)19)12(20)14(4-16)10(6)18/h1-2,15-16H,3-4H2. The number of benzene rings is 1. The zero-order chi connectivity index (χ0) is 14.6. The van der Waals surface area contributed by atoms with E-state index in [1.54, 1.807) is 0 Å².